The molecule has 8 heteroatoms. The number of halogens is 4. The quantitative estimate of drug-likeness (QED) is 0.546. The van der Waals surface area contributed by atoms with Crippen LogP contribution in [0.25, 0.3) is 5.57 Å². The number of thiophene rings is 1. The number of aryl methyl sites for hydroxylation is 1. The number of fused-ring (bicyclic) bond motifs is 2. The van der Waals surface area contributed by atoms with E-state index < -0.39 is 6.97 Å². The molecule has 2 nitrogen and oxygen atoms in total. The second-order valence-electron chi connectivity index (χ2n) is 5.27. The molecule has 22 heavy (non-hydrogen) atoms. The molecule has 2 aliphatic heterocycles. The average molecular weight is 446 g/mol. The van der Waals surface area contributed by atoms with E-state index in [9.17, 15) is 8.63 Å². The molecule has 0 N–H and O–H groups in total. The highest BCUT2D eigenvalue weighted by Crippen LogP contribution is 2.43. The predicted octanol–water partition coefficient (Wildman–Crippen LogP) is 4.99. The van der Waals surface area contributed by atoms with Gasteiger partial charge in [-0.15, -0.1) is 11.3 Å². The largest absolute Gasteiger partial charge is 0.738 e. The molecule has 4 rings (SSSR count). The highest BCUT2D eigenvalue weighted by Gasteiger charge is 2.54. The van der Waals surface area contributed by atoms with Crippen molar-refractivity contribution in [2.24, 2.45) is 0 Å². The minimum absolute atomic E-state index is 0.379. The number of allylic oxidation sites excluding steroid dienone is 2. The van der Waals surface area contributed by atoms with Gasteiger partial charge in [0, 0.05) is 38.7 Å². The molecule has 0 atom stereocenters. The fourth-order valence-corrected chi connectivity index (χ4v) is 5.05. The maximum Gasteiger partial charge on any atom is 0.738 e. The van der Waals surface area contributed by atoms with Crippen molar-refractivity contribution in [2.75, 3.05) is 0 Å². The maximum absolute atomic E-state index is 15.0. The first-order valence-corrected chi connectivity index (χ1v) is 9.07. The number of hydrogen-bond acceptors (Lipinski definition) is 1. The summed E-state index contributed by atoms with van der Waals surface area (Å²) in [5, 5.41) is 2.03. The Morgan fingerprint density at radius 2 is 2.00 bits per heavy atom. The van der Waals surface area contributed by atoms with E-state index in [0.29, 0.717) is 20.6 Å². The van der Waals surface area contributed by atoms with E-state index in [4.69, 9.17) is 0 Å². The number of aromatic nitrogens is 1. The standard InChI is InChI=1S/C14H9BBr2F2N2S/c1-8-6-11(22-7-8)14-9-2-4-12(16)20(9)15(18,19)21-10(14)3-5-13(21)17/h2-7H,1H3. The van der Waals surface area contributed by atoms with E-state index >= 15 is 0 Å². The van der Waals surface area contributed by atoms with Gasteiger partial charge in [-0.3, -0.25) is 0 Å². The van der Waals surface area contributed by atoms with Gasteiger partial charge in [0.2, 0.25) is 4.62 Å². The van der Waals surface area contributed by atoms with Crippen LogP contribution in [0.1, 0.15) is 16.1 Å². The Balaban J connectivity index is 2.12. The first-order valence-electron chi connectivity index (χ1n) is 6.60. The Labute approximate surface area is 146 Å². The van der Waals surface area contributed by atoms with Gasteiger partial charge in [-0.2, -0.15) is 0 Å². The van der Waals surface area contributed by atoms with Crippen LogP contribution in [0.4, 0.5) is 8.63 Å². The Bertz CT molecular complexity index is 908. The first kappa shape index (κ1) is 14.6. The lowest BCUT2D eigenvalue weighted by Crippen LogP contribution is -2.50. The zero-order chi connectivity index (χ0) is 15.6. The van der Waals surface area contributed by atoms with Crippen LogP contribution in [0.2, 0.25) is 0 Å². The maximum atomic E-state index is 15.0. The number of nitrogens with zero attached hydrogens (tertiary/aromatic N) is 2. The minimum Gasteiger partial charge on any atom is -0.389 e. The normalized spacial score (nSPS) is 19.0. The third-order valence-corrected chi connectivity index (χ3v) is 6.21. The molecule has 0 aliphatic carbocycles. The fraction of sp³-hybridized carbons (Fsp3) is 0.0714. The van der Waals surface area contributed by atoms with Crippen LogP contribution >= 0.6 is 43.2 Å². The zero-order valence-corrected chi connectivity index (χ0v) is 15.3. The SMILES string of the molecule is Cc1csc(C2=C3C=CC(Br)=[N+]3[B-](F)(F)n3c(Br)ccc32)c1. The summed E-state index contributed by atoms with van der Waals surface area (Å²) in [4.78, 5) is 0.988. The fourth-order valence-electron chi connectivity index (χ4n) is 2.95. The molecule has 112 valence electrons. The van der Waals surface area contributed by atoms with Gasteiger partial charge in [0.1, 0.15) is 0 Å². The van der Waals surface area contributed by atoms with Crippen LogP contribution < -0.4 is 0 Å². The molecule has 0 bridgehead atoms. The van der Waals surface area contributed by atoms with Crippen LogP contribution in [0, 0.1) is 6.92 Å². The molecule has 0 spiro atoms. The smallest absolute Gasteiger partial charge is 0.389 e. The van der Waals surface area contributed by atoms with Crippen molar-refractivity contribution < 1.29 is 13.1 Å². The van der Waals surface area contributed by atoms with Gasteiger partial charge in [0.15, 0.2) is 5.70 Å². The minimum atomic E-state index is -3.93. The van der Waals surface area contributed by atoms with Crippen molar-refractivity contribution in [3.63, 3.8) is 0 Å². The lowest BCUT2D eigenvalue weighted by Gasteiger charge is -2.31. The molecule has 0 radical (unpaired) electrons. The lowest BCUT2D eigenvalue weighted by molar-refractivity contribution is -0.358. The summed E-state index contributed by atoms with van der Waals surface area (Å²) in [6.45, 7) is -1.93. The van der Waals surface area contributed by atoms with Crippen LogP contribution in [0.5, 0.6) is 0 Å². The van der Waals surface area contributed by atoms with Gasteiger partial charge in [-0.1, -0.05) is 0 Å². The van der Waals surface area contributed by atoms with Gasteiger partial charge in [-0.05, 0) is 52.0 Å². The van der Waals surface area contributed by atoms with Crippen LogP contribution in [0.3, 0.4) is 0 Å². The predicted molar refractivity (Wildman–Crippen MR) is 93.9 cm³/mol. The molecule has 0 unspecified atom stereocenters. The van der Waals surface area contributed by atoms with E-state index in [1.165, 1.54) is 0 Å². The van der Waals surface area contributed by atoms with E-state index in [1.807, 2.05) is 18.4 Å². The molecule has 0 amide bonds. The van der Waals surface area contributed by atoms with Crippen molar-refractivity contribution in [1.29, 1.82) is 0 Å². The number of hydrogen-bond donors (Lipinski definition) is 0. The molecule has 2 aromatic heterocycles. The van der Waals surface area contributed by atoms with E-state index in [2.05, 4.69) is 31.9 Å². The van der Waals surface area contributed by atoms with Crippen molar-refractivity contribution in [3.8, 4) is 0 Å². The topological polar surface area (TPSA) is 7.94 Å². The Morgan fingerprint density at radius 3 is 2.68 bits per heavy atom. The molecular weight excluding hydrogens is 437 g/mol. The van der Waals surface area contributed by atoms with Crippen LogP contribution in [-0.2, 0) is 0 Å². The molecule has 4 heterocycles. The molecule has 0 aromatic carbocycles. The molecule has 0 saturated heterocycles. The monoisotopic (exact) mass is 444 g/mol. The molecule has 0 fully saturated rings. The Kier molecular flexibility index (Phi) is 3.15. The van der Waals surface area contributed by atoms with Gasteiger partial charge in [0.25, 0.3) is 0 Å². The van der Waals surface area contributed by atoms with Crippen LogP contribution in [-0.4, -0.2) is 20.6 Å². The van der Waals surface area contributed by atoms with E-state index in [0.717, 1.165) is 25.0 Å². The summed E-state index contributed by atoms with van der Waals surface area (Å²) in [5.41, 5.74) is 3.04. The molecule has 0 saturated carbocycles. The second kappa shape index (κ2) is 4.75. The average Bonchev–Trinajstić information content (AvgIpc) is 3.12. The van der Waals surface area contributed by atoms with Crippen molar-refractivity contribution >= 4 is 60.4 Å². The zero-order valence-electron chi connectivity index (χ0n) is 11.4. The summed E-state index contributed by atoms with van der Waals surface area (Å²) < 4.78 is 32.9. The summed E-state index contributed by atoms with van der Waals surface area (Å²) >= 11 is 8.08. The van der Waals surface area contributed by atoms with E-state index in [1.54, 1.807) is 35.6 Å². The third kappa shape index (κ3) is 1.83. The van der Waals surface area contributed by atoms with Crippen LogP contribution in [0.15, 0.2) is 46.0 Å². The Hall–Kier alpha value is -0.985. The van der Waals surface area contributed by atoms with Gasteiger partial charge in [0.05, 0.1) is 10.2 Å². The first-order chi connectivity index (χ1) is 10.4. The Morgan fingerprint density at radius 1 is 1.23 bits per heavy atom. The third-order valence-electron chi connectivity index (χ3n) is 3.85. The molecular formula is C14H9BBr2F2N2S. The van der Waals surface area contributed by atoms with Crippen molar-refractivity contribution in [1.82, 2.24) is 4.48 Å². The summed E-state index contributed by atoms with van der Waals surface area (Å²) in [6, 6.07) is 5.45. The highest BCUT2D eigenvalue weighted by atomic mass is 79.9. The number of rotatable bonds is 1. The van der Waals surface area contributed by atoms with Crippen molar-refractivity contribution in [2.45, 2.75) is 6.92 Å². The van der Waals surface area contributed by atoms with Gasteiger partial charge < -0.3 is 17.6 Å². The summed E-state index contributed by atoms with van der Waals surface area (Å²) in [5.74, 6) is 0. The lowest BCUT2D eigenvalue weighted by atomic mass is 9.88. The summed E-state index contributed by atoms with van der Waals surface area (Å²) in [7, 11) is 0. The molecule has 2 aliphatic rings. The second-order valence-corrected chi connectivity index (χ2v) is 7.81. The van der Waals surface area contributed by atoms with Gasteiger partial charge >= 0.3 is 6.97 Å². The summed E-state index contributed by atoms with van der Waals surface area (Å²) in [6.07, 6.45) is 3.42. The highest BCUT2D eigenvalue weighted by molar-refractivity contribution is 9.18. The molecule has 2 aromatic rings. The van der Waals surface area contributed by atoms with E-state index in [-0.39, 0.29) is 0 Å². The van der Waals surface area contributed by atoms with Crippen molar-refractivity contribution in [3.05, 3.63) is 62.2 Å². The van der Waals surface area contributed by atoms with Gasteiger partial charge in [-0.25, -0.2) is 0 Å².